The number of hydrogen-bond acceptors (Lipinski definition) is 3. The second-order valence-electron chi connectivity index (χ2n) is 4.45. The number of nitrogens with zero attached hydrogens (tertiary/aromatic N) is 1. The zero-order valence-corrected chi connectivity index (χ0v) is 11.0. The quantitative estimate of drug-likeness (QED) is 0.834. The SMILES string of the molecule is N#Cc1ccc(NC(=O)CCc2ccccc2)c(N)c1. The zero-order valence-electron chi connectivity index (χ0n) is 11.0. The molecule has 0 unspecified atom stereocenters. The minimum atomic E-state index is -0.0924. The second kappa shape index (κ2) is 6.39. The Balaban J connectivity index is 1.93. The maximum Gasteiger partial charge on any atom is 0.224 e. The summed E-state index contributed by atoms with van der Waals surface area (Å²) in [6.45, 7) is 0. The number of amides is 1. The van der Waals surface area contributed by atoms with Crippen molar-refractivity contribution < 1.29 is 4.79 Å². The van der Waals surface area contributed by atoms with Crippen molar-refractivity contribution in [3.63, 3.8) is 0 Å². The van der Waals surface area contributed by atoms with E-state index in [2.05, 4.69) is 5.32 Å². The number of carbonyl (C=O) groups excluding carboxylic acids is 1. The molecule has 100 valence electrons. The fraction of sp³-hybridized carbons (Fsp3) is 0.125. The Labute approximate surface area is 117 Å². The van der Waals surface area contributed by atoms with Crippen LogP contribution in [0.25, 0.3) is 0 Å². The van der Waals surface area contributed by atoms with Crippen molar-refractivity contribution in [3.8, 4) is 6.07 Å². The van der Waals surface area contributed by atoms with Gasteiger partial charge in [-0.15, -0.1) is 0 Å². The van der Waals surface area contributed by atoms with Crippen molar-refractivity contribution in [1.82, 2.24) is 0 Å². The van der Waals surface area contributed by atoms with E-state index in [1.165, 1.54) is 0 Å². The Morgan fingerprint density at radius 1 is 1.20 bits per heavy atom. The van der Waals surface area contributed by atoms with Gasteiger partial charge in [-0.2, -0.15) is 5.26 Å². The molecule has 2 aromatic rings. The van der Waals surface area contributed by atoms with Gasteiger partial charge in [0.05, 0.1) is 23.0 Å². The number of carbonyl (C=O) groups is 1. The van der Waals surface area contributed by atoms with Gasteiger partial charge in [-0.25, -0.2) is 0 Å². The number of nitrogen functional groups attached to an aromatic ring is 1. The molecule has 0 aliphatic heterocycles. The highest BCUT2D eigenvalue weighted by atomic mass is 16.1. The third-order valence-corrected chi connectivity index (χ3v) is 2.94. The highest BCUT2D eigenvalue weighted by molar-refractivity contribution is 5.94. The Kier molecular flexibility index (Phi) is 4.35. The Bertz CT molecular complexity index is 645. The van der Waals surface area contributed by atoms with Crippen LogP contribution in [0.1, 0.15) is 17.5 Å². The number of nitrogens with two attached hydrogens (primary N) is 1. The fourth-order valence-electron chi connectivity index (χ4n) is 1.86. The molecule has 0 radical (unpaired) electrons. The molecular formula is C16H15N3O. The molecule has 0 aromatic heterocycles. The Morgan fingerprint density at radius 3 is 2.60 bits per heavy atom. The molecule has 0 fully saturated rings. The summed E-state index contributed by atoms with van der Waals surface area (Å²) < 4.78 is 0. The van der Waals surface area contributed by atoms with Crippen molar-refractivity contribution in [2.24, 2.45) is 0 Å². The van der Waals surface area contributed by atoms with Crippen LogP contribution in [-0.4, -0.2) is 5.91 Å². The first-order valence-electron chi connectivity index (χ1n) is 6.32. The van der Waals surface area contributed by atoms with Gasteiger partial charge < -0.3 is 11.1 Å². The zero-order chi connectivity index (χ0) is 14.4. The largest absolute Gasteiger partial charge is 0.397 e. The average Bonchev–Trinajstić information content (AvgIpc) is 2.48. The van der Waals surface area contributed by atoms with Crippen LogP contribution in [-0.2, 0) is 11.2 Å². The lowest BCUT2D eigenvalue weighted by atomic mass is 10.1. The topological polar surface area (TPSA) is 78.9 Å². The van der Waals surface area contributed by atoms with Crippen molar-refractivity contribution in [1.29, 1.82) is 5.26 Å². The molecular weight excluding hydrogens is 250 g/mol. The lowest BCUT2D eigenvalue weighted by Gasteiger charge is -2.08. The minimum absolute atomic E-state index is 0.0924. The highest BCUT2D eigenvalue weighted by Crippen LogP contribution is 2.19. The summed E-state index contributed by atoms with van der Waals surface area (Å²) in [6, 6.07) is 16.7. The summed E-state index contributed by atoms with van der Waals surface area (Å²) in [5, 5.41) is 11.5. The van der Waals surface area contributed by atoms with E-state index in [4.69, 9.17) is 11.0 Å². The molecule has 0 spiro atoms. The van der Waals surface area contributed by atoms with Crippen LogP contribution in [0.15, 0.2) is 48.5 Å². The predicted molar refractivity (Wildman–Crippen MR) is 79.0 cm³/mol. The molecule has 0 atom stereocenters. The van der Waals surface area contributed by atoms with Crippen LogP contribution in [0, 0.1) is 11.3 Å². The number of rotatable bonds is 4. The van der Waals surface area contributed by atoms with Crippen molar-refractivity contribution in [2.45, 2.75) is 12.8 Å². The summed E-state index contributed by atoms with van der Waals surface area (Å²) in [4.78, 5) is 11.9. The normalized spacial score (nSPS) is 9.75. The summed E-state index contributed by atoms with van der Waals surface area (Å²) in [5.41, 5.74) is 8.33. The van der Waals surface area contributed by atoms with Gasteiger partial charge in [-0.3, -0.25) is 4.79 Å². The molecule has 3 N–H and O–H groups in total. The average molecular weight is 265 g/mol. The summed E-state index contributed by atoms with van der Waals surface area (Å²) in [6.07, 6.45) is 1.08. The monoisotopic (exact) mass is 265 g/mol. The van der Waals surface area contributed by atoms with E-state index in [-0.39, 0.29) is 5.91 Å². The maximum atomic E-state index is 11.9. The first-order chi connectivity index (χ1) is 9.69. The van der Waals surface area contributed by atoms with Crippen LogP contribution < -0.4 is 11.1 Å². The van der Waals surface area contributed by atoms with Crippen molar-refractivity contribution in [3.05, 3.63) is 59.7 Å². The lowest BCUT2D eigenvalue weighted by molar-refractivity contribution is -0.116. The number of aryl methyl sites for hydroxylation is 1. The number of nitriles is 1. The first-order valence-corrected chi connectivity index (χ1v) is 6.32. The number of hydrogen-bond donors (Lipinski definition) is 2. The van der Waals surface area contributed by atoms with Crippen molar-refractivity contribution in [2.75, 3.05) is 11.1 Å². The van der Waals surface area contributed by atoms with Gasteiger partial charge in [0.1, 0.15) is 0 Å². The van der Waals surface area contributed by atoms with E-state index in [9.17, 15) is 4.79 Å². The van der Waals surface area contributed by atoms with Gasteiger partial charge in [0.25, 0.3) is 0 Å². The number of benzene rings is 2. The lowest BCUT2D eigenvalue weighted by Crippen LogP contribution is -2.13. The summed E-state index contributed by atoms with van der Waals surface area (Å²) in [7, 11) is 0. The third kappa shape index (κ3) is 3.59. The Hall–Kier alpha value is -2.80. The number of nitrogens with one attached hydrogen (secondary N) is 1. The van der Waals surface area contributed by atoms with E-state index in [1.54, 1.807) is 18.2 Å². The van der Waals surface area contributed by atoms with E-state index < -0.39 is 0 Å². The molecule has 0 bridgehead atoms. The van der Waals surface area contributed by atoms with E-state index in [0.29, 0.717) is 29.8 Å². The smallest absolute Gasteiger partial charge is 0.224 e. The maximum absolute atomic E-state index is 11.9. The predicted octanol–water partition coefficient (Wildman–Crippen LogP) is 2.71. The van der Waals surface area contributed by atoms with Gasteiger partial charge in [-0.05, 0) is 30.2 Å². The van der Waals surface area contributed by atoms with Gasteiger partial charge >= 0.3 is 0 Å². The van der Waals surface area contributed by atoms with Crippen LogP contribution in [0.2, 0.25) is 0 Å². The first kappa shape index (κ1) is 13.6. The standard InChI is InChI=1S/C16H15N3O/c17-11-13-6-8-15(14(18)10-13)19-16(20)9-7-12-4-2-1-3-5-12/h1-6,8,10H,7,9,18H2,(H,19,20). The van der Waals surface area contributed by atoms with Crippen LogP contribution in [0.3, 0.4) is 0 Å². The molecule has 2 rings (SSSR count). The second-order valence-corrected chi connectivity index (χ2v) is 4.45. The number of anilines is 2. The summed E-state index contributed by atoms with van der Waals surface area (Å²) in [5.74, 6) is -0.0924. The molecule has 0 aliphatic rings. The highest BCUT2D eigenvalue weighted by Gasteiger charge is 2.06. The molecule has 1 amide bonds. The molecule has 0 heterocycles. The molecule has 0 aliphatic carbocycles. The van der Waals surface area contributed by atoms with Crippen LogP contribution in [0.4, 0.5) is 11.4 Å². The fourth-order valence-corrected chi connectivity index (χ4v) is 1.86. The van der Waals surface area contributed by atoms with Crippen molar-refractivity contribution >= 4 is 17.3 Å². The molecule has 0 saturated heterocycles. The van der Waals surface area contributed by atoms with E-state index >= 15 is 0 Å². The molecule has 20 heavy (non-hydrogen) atoms. The van der Waals surface area contributed by atoms with E-state index in [1.807, 2.05) is 36.4 Å². The molecule has 4 nitrogen and oxygen atoms in total. The third-order valence-electron chi connectivity index (χ3n) is 2.94. The molecule has 4 heteroatoms. The van der Waals surface area contributed by atoms with Gasteiger partial charge in [0, 0.05) is 6.42 Å². The van der Waals surface area contributed by atoms with Gasteiger partial charge in [-0.1, -0.05) is 30.3 Å². The van der Waals surface area contributed by atoms with E-state index in [0.717, 1.165) is 5.56 Å². The molecule has 0 saturated carbocycles. The van der Waals surface area contributed by atoms with Gasteiger partial charge in [0.2, 0.25) is 5.91 Å². The molecule has 2 aromatic carbocycles. The summed E-state index contributed by atoms with van der Waals surface area (Å²) >= 11 is 0. The van der Waals surface area contributed by atoms with Crippen LogP contribution in [0.5, 0.6) is 0 Å². The van der Waals surface area contributed by atoms with Crippen LogP contribution >= 0.6 is 0 Å². The Morgan fingerprint density at radius 2 is 1.95 bits per heavy atom. The minimum Gasteiger partial charge on any atom is -0.397 e. The van der Waals surface area contributed by atoms with Gasteiger partial charge in [0.15, 0.2) is 0 Å².